The summed E-state index contributed by atoms with van der Waals surface area (Å²) in [7, 11) is 1.65. The van der Waals surface area contributed by atoms with Crippen LogP contribution in [0.4, 0.5) is 0 Å². The molecule has 3 aromatic heterocycles. The summed E-state index contributed by atoms with van der Waals surface area (Å²) in [5.74, 6) is 0.794. The summed E-state index contributed by atoms with van der Waals surface area (Å²) in [6.07, 6.45) is 3.68. The molecule has 25 heavy (non-hydrogen) atoms. The van der Waals surface area contributed by atoms with Crippen LogP contribution in [0.3, 0.4) is 0 Å². The Labute approximate surface area is 150 Å². The molecule has 4 aromatic rings. The smallest absolute Gasteiger partial charge is 0.196 e. The second kappa shape index (κ2) is 6.44. The van der Waals surface area contributed by atoms with Crippen LogP contribution in [0.1, 0.15) is 0 Å². The fourth-order valence-corrected chi connectivity index (χ4v) is 4.25. The van der Waals surface area contributed by atoms with E-state index in [0.29, 0.717) is 4.21 Å². The van der Waals surface area contributed by atoms with E-state index in [0.717, 1.165) is 38.4 Å². The average Bonchev–Trinajstić information content (AvgIpc) is 3.28. The Hall–Kier alpha value is -2.48. The molecule has 126 valence electrons. The van der Waals surface area contributed by atoms with Crippen molar-refractivity contribution in [3.8, 4) is 27.3 Å². The molecule has 0 saturated carbocycles. The molecule has 1 aromatic carbocycles. The highest BCUT2D eigenvalue weighted by atomic mass is 32.2. The Balaban J connectivity index is 1.86. The van der Waals surface area contributed by atoms with Crippen molar-refractivity contribution >= 4 is 33.5 Å². The number of pyridine rings is 1. The average molecular weight is 370 g/mol. The number of nitrogens with one attached hydrogen (secondary N) is 1. The van der Waals surface area contributed by atoms with Gasteiger partial charge < -0.3 is 14.3 Å². The molecule has 4 rings (SSSR count). The minimum absolute atomic E-state index is 0.425. The molecule has 7 heteroatoms. The first-order valence-electron chi connectivity index (χ1n) is 7.49. The number of ether oxygens (including phenoxy) is 1. The number of methoxy groups -OCH3 is 1. The lowest BCUT2D eigenvalue weighted by molar-refractivity contribution is 0.416. The first-order valence-corrected chi connectivity index (χ1v) is 9.41. The van der Waals surface area contributed by atoms with Gasteiger partial charge >= 0.3 is 0 Å². The summed E-state index contributed by atoms with van der Waals surface area (Å²) < 4.78 is 26.3. The van der Waals surface area contributed by atoms with Gasteiger partial charge in [0.05, 0.1) is 7.11 Å². The molecule has 1 unspecified atom stereocenters. The van der Waals surface area contributed by atoms with Crippen molar-refractivity contribution in [1.29, 1.82) is 0 Å². The Kier molecular flexibility index (Phi) is 4.12. The lowest BCUT2D eigenvalue weighted by Gasteiger charge is -2.07. The topological polar surface area (TPSA) is 75.2 Å². The largest absolute Gasteiger partial charge is 0.496 e. The highest BCUT2D eigenvalue weighted by Gasteiger charge is 2.13. The van der Waals surface area contributed by atoms with Crippen LogP contribution in [0.15, 0.2) is 59.1 Å². The van der Waals surface area contributed by atoms with E-state index in [1.54, 1.807) is 19.4 Å². The van der Waals surface area contributed by atoms with Crippen molar-refractivity contribution in [3.63, 3.8) is 0 Å². The van der Waals surface area contributed by atoms with E-state index in [-0.39, 0.29) is 0 Å². The van der Waals surface area contributed by atoms with Crippen LogP contribution in [-0.4, -0.2) is 25.8 Å². The summed E-state index contributed by atoms with van der Waals surface area (Å²) in [4.78, 5) is 8.58. The number of nitrogens with zero attached hydrogens (tertiary/aromatic N) is 1. The number of rotatable bonds is 4. The third-order valence-electron chi connectivity index (χ3n) is 3.97. The molecule has 5 nitrogen and oxygen atoms in total. The maximum Gasteiger partial charge on any atom is 0.196 e. The van der Waals surface area contributed by atoms with Gasteiger partial charge in [-0.3, -0.25) is 0 Å². The second-order valence-electron chi connectivity index (χ2n) is 5.39. The second-order valence-corrected chi connectivity index (χ2v) is 7.67. The summed E-state index contributed by atoms with van der Waals surface area (Å²) in [5.41, 5.74) is 3.68. The van der Waals surface area contributed by atoms with Crippen molar-refractivity contribution in [2.75, 3.05) is 7.11 Å². The Bertz CT molecular complexity index is 1080. The lowest BCUT2D eigenvalue weighted by atomic mass is 10.0. The maximum atomic E-state index is 11.2. The third-order valence-corrected chi connectivity index (χ3v) is 6.05. The highest BCUT2D eigenvalue weighted by Crippen LogP contribution is 2.37. The van der Waals surface area contributed by atoms with Gasteiger partial charge in [0.25, 0.3) is 0 Å². The zero-order valence-corrected chi connectivity index (χ0v) is 14.9. The molecule has 3 heterocycles. The molecule has 0 fully saturated rings. The fraction of sp³-hybridized carbons (Fsp3) is 0.0556. The van der Waals surface area contributed by atoms with Crippen LogP contribution >= 0.6 is 11.3 Å². The van der Waals surface area contributed by atoms with E-state index in [4.69, 9.17) is 4.74 Å². The van der Waals surface area contributed by atoms with Crippen LogP contribution < -0.4 is 4.74 Å². The summed E-state index contributed by atoms with van der Waals surface area (Å²) >= 11 is -0.675. The number of H-pyrrole nitrogens is 1. The van der Waals surface area contributed by atoms with Crippen LogP contribution in [0.5, 0.6) is 5.75 Å². The van der Waals surface area contributed by atoms with Crippen molar-refractivity contribution in [2.24, 2.45) is 0 Å². The van der Waals surface area contributed by atoms with E-state index >= 15 is 0 Å². The van der Waals surface area contributed by atoms with Crippen molar-refractivity contribution in [2.45, 2.75) is 4.21 Å². The molecule has 2 N–H and O–H groups in total. The standard InChI is InChI=1S/C18H14N2O3S2/c1-23-15-5-3-2-4-12(15)14-10-20-18-13(14)8-11(9-19-18)16-6-7-17(24-16)25(21)22/h2-10H,1H3,(H,19,20)(H,21,22). The quantitative estimate of drug-likeness (QED) is 0.517. The number of para-hydroxylation sites is 1. The predicted octanol–water partition coefficient (Wildman–Crippen LogP) is 4.55. The molecule has 0 saturated heterocycles. The first-order chi connectivity index (χ1) is 12.2. The van der Waals surface area contributed by atoms with Crippen molar-refractivity contribution in [1.82, 2.24) is 9.97 Å². The third kappa shape index (κ3) is 2.86. The predicted molar refractivity (Wildman–Crippen MR) is 100 cm³/mol. The molecular formula is C18H14N2O3S2. The minimum Gasteiger partial charge on any atom is -0.496 e. The van der Waals surface area contributed by atoms with Crippen LogP contribution in [-0.2, 0) is 11.1 Å². The molecule has 0 spiro atoms. The normalized spacial score (nSPS) is 12.4. The number of aromatic nitrogens is 2. The van der Waals surface area contributed by atoms with E-state index in [9.17, 15) is 8.76 Å². The van der Waals surface area contributed by atoms with Gasteiger partial charge in [-0.25, -0.2) is 9.19 Å². The fourth-order valence-electron chi connectivity index (χ4n) is 2.80. The zero-order valence-electron chi connectivity index (χ0n) is 13.2. The summed E-state index contributed by atoms with van der Waals surface area (Å²) in [6.45, 7) is 0. The Morgan fingerprint density at radius 2 is 2.04 bits per heavy atom. The van der Waals surface area contributed by atoms with Crippen molar-refractivity contribution < 1.29 is 13.5 Å². The van der Waals surface area contributed by atoms with E-state index in [1.807, 2.05) is 42.6 Å². The van der Waals surface area contributed by atoms with E-state index < -0.39 is 11.1 Å². The Morgan fingerprint density at radius 3 is 2.80 bits per heavy atom. The van der Waals surface area contributed by atoms with Crippen LogP contribution in [0.25, 0.3) is 32.6 Å². The molecule has 1 atom stereocenters. The number of aromatic amines is 1. The van der Waals surface area contributed by atoms with Crippen molar-refractivity contribution in [3.05, 3.63) is 54.9 Å². The lowest BCUT2D eigenvalue weighted by Crippen LogP contribution is -1.87. The van der Waals surface area contributed by atoms with Gasteiger partial charge in [0.15, 0.2) is 11.1 Å². The van der Waals surface area contributed by atoms with Gasteiger partial charge in [-0.2, -0.15) is 0 Å². The monoisotopic (exact) mass is 370 g/mol. The molecule has 0 aliphatic heterocycles. The van der Waals surface area contributed by atoms with Gasteiger partial charge in [-0.15, -0.1) is 11.3 Å². The number of hydrogen-bond acceptors (Lipinski definition) is 4. The summed E-state index contributed by atoms with van der Waals surface area (Å²) in [6, 6.07) is 13.4. The number of benzene rings is 1. The SMILES string of the molecule is COc1ccccc1-c1c[nH]c2ncc(-c3ccc(S(=O)O)s3)cc12. The van der Waals surface area contributed by atoms with E-state index in [2.05, 4.69) is 9.97 Å². The molecule has 0 amide bonds. The van der Waals surface area contributed by atoms with Gasteiger partial charge in [-0.05, 0) is 24.3 Å². The molecule has 0 aliphatic rings. The van der Waals surface area contributed by atoms with Gasteiger partial charge in [-0.1, -0.05) is 18.2 Å². The van der Waals surface area contributed by atoms with Crippen LogP contribution in [0.2, 0.25) is 0 Å². The minimum atomic E-state index is -1.96. The van der Waals surface area contributed by atoms with Gasteiger partial charge in [0.2, 0.25) is 0 Å². The van der Waals surface area contributed by atoms with E-state index in [1.165, 1.54) is 11.3 Å². The summed E-state index contributed by atoms with van der Waals surface area (Å²) in [5, 5.41) is 0.974. The molecule has 0 bridgehead atoms. The van der Waals surface area contributed by atoms with Gasteiger partial charge in [0, 0.05) is 39.3 Å². The maximum absolute atomic E-state index is 11.2. The van der Waals surface area contributed by atoms with Crippen LogP contribution in [0, 0.1) is 0 Å². The number of thiophene rings is 1. The Morgan fingerprint density at radius 1 is 1.20 bits per heavy atom. The number of hydrogen-bond donors (Lipinski definition) is 2. The zero-order chi connectivity index (χ0) is 17.4. The first kappa shape index (κ1) is 16.0. The van der Waals surface area contributed by atoms with Gasteiger partial charge in [0.1, 0.15) is 15.6 Å². The molecule has 0 aliphatic carbocycles. The highest BCUT2D eigenvalue weighted by molar-refractivity contribution is 7.81. The molecule has 0 radical (unpaired) electrons. The number of fused-ring (bicyclic) bond motifs is 1. The molecular weight excluding hydrogens is 356 g/mol.